The molecule has 0 heterocycles. The van der Waals surface area contributed by atoms with Crippen molar-refractivity contribution in [2.45, 2.75) is 392 Å². The van der Waals surface area contributed by atoms with Gasteiger partial charge in [0.25, 0.3) is 6.29 Å². The van der Waals surface area contributed by atoms with Crippen molar-refractivity contribution in [1.82, 2.24) is 0 Å². The fourth-order valence-electron chi connectivity index (χ4n) is 11.7. The number of carboxylic acid groups (broad SMARTS) is 1. The summed E-state index contributed by atoms with van der Waals surface area (Å²) in [6.07, 6.45) is 96.4. The van der Waals surface area contributed by atoms with Crippen molar-refractivity contribution in [3.8, 4) is 0 Å². The number of hydrogen-bond donors (Lipinski definition) is 1. The van der Waals surface area contributed by atoms with Crippen LogP contribution in [0.1, 0.15) is 380 Å². The maximum Gasteiger partial charge on any atom is 0.361 e. The Balaban J connectivity index is 3.97. The van der Waals surface area contributed by atoms with Crippen LogP contribution in [0, 0.1) is 0 Å². The molecule has 0 aromatic heterocycles. The van der Waals surface area contributed by atoms with E-state index in [1.807, 2.05) is 21.1 Å². The first-order valence-corrected chi connectivity index (χ1v) is 39.6. The first-order valence-electron chi connectivity index (χ1n) is 39.6. The van der Waals surface area contributed by atoms with E-state index >= 15 is 0 Å². The molecular weight excluding hydrogens is 1140 g/mol. The predicted molar refractivity (Wildman–Crippen MR) is 396 cm³/mol. The Morgan fingerprint density at radius 2 is 0.620 bits per heavy atom. The van der Waals surface area contributed by atoms with Gasteiger partial charge in [-0.05, 0) is 64.2 Å². The fourth-order valence-corrected chi connectivity index (χ4v) is 11.7. The zero-order valence-electron chi connectivity index (χ0n) is 61.5. The van der Waals surface area contributed by atoms with Crippen LogP contribution in [0.5, 0.6) is 0 Å². The molecule has 0 saturated heterocycles. The van der Waals surface area contributed by atoms with Gasteiger partial charge >= 0.3 is 17.9 Å². The van der Waals surface area contributed by atoms with Crippen molar-refractivity contribution in [1.29, 1.82) is 0 Å². The Kier molecular flexibility index (Phi) is 70.9. The SMILES string of the molecule is CC/C=C\C/C=C\C/C=C\C/C=C\C/C=C\C/C=C\CCCCCCCCCCC(=O)OC(COC(=O)CCCCCCCCCCCCCCCCCCCCCCCCCCCCCCCCCCCCCCCCCC)COC(OCC[N+](C)(C)C)C(=O)O. The topological polar surface area (TPSA) is 108 Å². The van der Waals surface area contributed by atoms with E-state index in [2.05, 4.69) is 86.8 Å². The zero-order valence-corrected chi connectivity index (χ0v) is 61.5. The summed E-state index contributed by atoms with van der Waals surface area (Å²) in [4.78, 5) is 37.7. The summed E-state index contributed by atoms with van der Waals surface area (Å²) in [5.41, 5.74) is 0. The number of ether oxygens (including phenoxy) is 4. The van der Waals surface area contributed by atoms with Crippen molar-refractivity contribution >= 4 is 17.9 Å². The Morgan fingerprint density at radius 3 is 0.924 bits per heavy atom. The van der Waals surface area contributed by atoms with Crippen LogP contribution in [0.15, 0.2) is 72.9 Å². The summed E-state index contributed by atoms with van der Waals surface area (Å²) in [7, 11) is 5.98. The second kappa shape index (κ2) is 73.5. The minimum absolute atomic E-state index is 0.185. The Labute approximate surface area is 570 Å². The summed E-state index contributed by atoms with van der Waals surface area (Å²) in [6, 6.07) is 0. The lowest BCUT2D eigenvalue weighted by Gasteiger charge is -2.25. The molecule has 0 aliphatic heterocycles. The maximum absolute atomic E-state index is 13.0. The molecule has 0 rings (SSSR count). The van der Waals surface area contributed by atoms with Gasteiger partial charge < -0.3 is 28.5 Å². The van der Waals surface area contributed by atoms with E-state index in [4.69, 9.17) is 18.9 Å². The third-order valence-corrected chi connectivity index (χ3v) is 17.7. The highest BCUT2D eigenvalue weighted by molar-refractivity contribution is 5.71. The smallest absolute Gasteiger partial charge is 0.361 e. The average molecular weight is 1290 g/mol. The van der Waals surface area contributed by atoms with Crippen molar-refractivity contribution < 1.29 is 42.9 Å². The number of nitrogens with zero attached hydrogens (tertiary/aromatic N) is 1. The van der Waals surface area contributed by atoms with Crippen molar-refractivity contribution in [2.24, 2.45) is 0 Å². The van der Waals surface area contributed by atoms with Gasteiger partial charge in [0.15, 0.2) is 6.10 Å². The summed E-state index contributed by atoms with van der Waals surface area (Å²) in [5, 5.41) is 9.76. The van der Waals surface area contributed by atoms with Crippen molar-refractivity contribution in [3.63, 3.8) is 0 Å². The molecule has 9 heteroatoms. The first-order chi connectivity index (χ1) is 45.1. The summed E-state index contributed by atoms with van der Waals surface area (Å²) in [6.45, 7) is 4.81. The lowest BCUT2D eigenvalue weighted by molar-refractivity contribution is -0.870. The maximum atomic E-state index is 13.0. The van der Waals surface area contributed by atoms with Gasteiger partial charge in [0, 0.05) is 12.8 Å². The van der Waals surface area contributed by atoms with Gasteiger partial charge in [0.05, 0.1) is 34.4 Å². The second-order valence-corrected chi connectivity index (χ2v) is 28.0. The number of carbonyl (C=O) groups is 3. The quantitative estimate of drug-likeness (QED) is 0.0211. The van der Waals surface area contributed by atoms with Gasteiger partial charge in [0.1, 0.15) is 13.2 Å². The third-order valence-electron chi connectivity index (χ3n) is 17.7. The number of esters is 2. The van der Waals surface area contributed by atoms with Crippen LogP contribution in [0.4, 0.5) is 0 Å². The number of carboxylic acids is 1. The number of rotatable bonds is 74. The molecule has 0 bridgehead atoms. The summed E-state index contributed by atoms with van der Waals surface area (Å²) < 4.78 is 23.0. The number of likely N-dealkylation sites (N-methyl/N-ethyl adjacent to an activating group) is 1. The second-order valence-electron chi connectivity index (χ2n) is 28.0. The van der Waals surface area contributed by atoms with Gasteiger partial charge in [0.2, 0.25) is 0 Å². The Hall–Kier alpha value is -3.27. The van der Waals surface area contributed by atoms with Crippen molar-refractivity contribution in [2.75, 3.05) is 47.5 Å². The van der Waals surface area contributed by atoms with Crippen LogP contribution in [0.25, 0.3) is 0 Å². The number of unbranched alkanes of at least 4 members (excludes halogenated alkanes) is 47. The molecule has 0 fully saturated rings. The molecule has 92 heavy (non-hydrogen) atoms. The molecule has 0 amide bonds. The molecule has 536 valence electrons. The van der Waals surface area contributed by atoms with Gasteiger partial charge in [-0.25, -0.2) is 4.79 Å². The number of quaternary nitrogens is 1. The number of carbonyl (C=O) groups excluding carboxylic acids is 2. The lowest BCUT2D eigenvalue weighted by Crippen LogP contribution is -2.40. The summed E-state index contributed by atoms with van der Waals surface area (Å²) >= 11 is 0. The van der Waals surface area contributed by atoms with E-state index in [0.717, 1.165) is 83.5 Å². The Morgan fingerprint density at radius 1 is 0.337 bits per heavy atom. The molecule has 0 aliphatic rings. The van der Waals surface area contributed by atoms with E-state index < -0.39 is 24.3 Å². The third kappa shape index (κ3) is 74.1. The van der Waals surface area contributed by atoms with E-state index in [9.17, 15) is 19.5 Å². The van der Waals surface area contributed by atoms with Crippen LogP contribution < -0.4 is 0 Å². The number of aliphatic carboxylic acids is 1. The summed E-state index contributed by atoms with van der Waals surface area (Å²) in [5.74, 6) is -2.00. The van der Waals surface area contributed by atoms with Crippen LogP contribution in [-0.2, 0) is 33.3 Å². The molecule has 0 spiro atoms. The van der Waals surface area contributed by atoms with Crippen LogP contribution in [0.3, 0.4) is 0 Å². The monoisotopic (exact) mass is 1290 g/mol. The molecular formula is C83H152NO8+. The first kappa shape index (κ1) is 88.7. The van der Waals surface area contributed by atoms with Gasteiger partial charge in [-0.15, -0.1) is 0 Å². The molecule has 0 saturated carbocycles. The van der Waals surface area contributed by atoms with Crippen LogP contribution >= 0.6 is 0 Å². The molecule has 9 nitrogen and oxygen atoms in total. The number of hydrogen-bond acceptors (Lipinski definition) is 7. The van der Waals surface area contributed by atoms with E-state index in [-0.39, 0.29) is 32.2 Å². The van der Waals surface area contributed by atoms with E-state index in [1.54, 1.807) is 0 Å². The van der Waals surface area contributed by atoms with Crippen LogP contribution in [0.2, 0.25) is 0 Å². The van der Waals surface area contributed by atoms with Gasteiger partial charge in [-0.1, -0.05) is 376 Å². The minimum Gasteiger partial charge on any atom is -0.477 e. The normalized spacial score (nSPS) is 13.0. The molecule has 2 unspecified atom stereocenters. The van der Waals surface area contributed by atoms with Gasteiger partial charge in [-0.2, -0.15) is 0 Å². The minimum atomic E-state index is -1.52. The highest BCUT2D eigenvalue weighted by atomic mass is 16.7. The standard InChI is InChI=1S/C83H151NO8/c1-6-8-10-12-14-16-18-20-22-24-26-28-30-32-34-35-36-37-38-39-40-41-42-43-44-45-46-48-49-51-53-55-57-59-61-63-65-67-69-71-73-80(85)90-77-79(78-91-83(82(87)88)89-76-75-84(3,4)5)92-81(86)74-72-70-68-66-64-62-60-58-56-54-52-50-47-33-31-29-27-25-23-21-19-17-15-13-11-9-7-2/h9,11,15,17,21,23,27,29,33,47,52,54,79,83H,6-8,10,12-14,16,18-20,22,24-26,28,30-32,34-46,48-51,53,55-78H2,1-5H3/p+1/b11-9-,17-15-,23-21-,29-27-,47-33-,54-52-. The van der Waals surface area contributed by atoms with E-state index in [0.29, 0.717) is 23.9 Å². The number of allylic oxidation sites excluding steroid dienone is 12. The Bertz CT molecular complexity index is 1740. The molecule has 0 radical (unpaired) electrons. The largest absolute Gasteiger partial charge is 0.477 e. The average Bonchev–Trinajstić information content (AvgIpc) is 3.70. The van der Waals surface area contributed by atoms with E-state index in [1.165, 1.54) is 263 Å². The fraction of sp³-hybridized carbons (Fsp3) is 0.819. The zero-order chi connectivity index (χ0) is 66.8. The molecule has 1 N–H and O–H groups in total. The molecule has 0 aliphatic carbocycles. The highest BCUT2D eigenvalue weighted by Crippen LogP contribution is 2.20. The molecule has 0 aromatic rings. The van der Waals surface area contributed by atoms with Crippen LogP contribution in [-0.4, -0.2) is 87.4 Å². The highest BCUT2D eigenvalue weighted by Gasteiger charge is 2.25. The lowest BCUT2D eigenvalue weighted by atomic mass is 10.0. The molecule has 2 atom stereocenters. The van der Waals surface area contributed by atoms with Crippen molar-refractivity contribution in [3.05, 3.63) is 72.9 Å². The van der Waals surface area contributed by atoms with Gasteiger partial charge in [-0.3, -0.25) is 9.59 Å². The predicted octanol–water partition coefficient (Wildman–Crippen LogP) is 25.2. The molecule has 0 aromatic carbocycles.